The smallest absolute Gasteiger partial charge is 0.191 e. The van der Waals surface area contributed by atoms with E-state index in [2.05, 4.69) is 46.4 Å². The minimum Gasteiger partial charge on any atom is -0.356 e. The van der Waals surface area contributed by atoms with E-state index >= 15 is 0 Å². The maximum absolute atomic E-state index is 4.47. The van der Waals surface area contributed by atoms with Gasteiger partial charge in [0.25, 0.3) is 0 Å². The van der Waals surface area contributed by atoms with Crippen LogP contribution >= 0.6 is 0 Å². The summed E-state index contributed by atoms with van der Waals surface area (Å²) in [5, 5.41) is 11.4. The van der Waals surface area contributed by atoms with Crippen molar-refractivity contribution in [1.82, 2.24) is 25.3 Å². The van der Waals surface area contributed by atoms with E-state index in [-0.39, 0.29) is 0 Å². The van der Waals surface area contributed by atoms with Gasteiger partial charge in [-0.2, -0.15) is 5.10 Å². The minimum atomic E-state index is 0.749. The van der Waals surface area contributed by atoms with Crippen molar-refractivity contribution >= 4 is 5.96 Å². The van der Waals surface area contributed by atoms with E-state index in [4.69, 9.17) is 0 Å². The standard InChI is InChI=1S/C18H34N6/c1-6-9-24-10-7-16(8-11-24)12-20-18(19-4)21-13-17-14(2)22-23(5)15(17)3/h16H,6-13H2,1-5H3,(H2,19,20,21). The van der Waals surface area contributed by atoms with E-state index < -0.39 is 0 Å². The van der Waals surface area contributed by atoms with Gasteiger partial charge >= 0.3 is 0 Å². The molecule has 0 radical (unpaired) electrons. The minimum absolute atomic E-state index is 0.749. The van der Waals surface area contributed by atoms with E-state index in [1.54, 1.807) is 0 Å². The van der Waals surface area contributed by atoms with Crippen molar-refractivity contribution in [2.45, 2.75) is 46.6 Å². The molecule has 2 N–H and O–H groups in total. The van der Waals surface area contributed by atoms with Crippen LogP contribution in [0.3, 0.4) is 0 Å². The normalized spacial score (nSPS) is 17.3. The van der Waals surface area contributed by atoms with Gasteiger partial charge in [-0.05, 0) is 58.7 Å². The van der Waals surface area contributed by atoms with E-state index in [1.807, 2.05) is 18.8 Å². The fourth-order valence-electron chi connectivity index (χ4n) is 3.44. The third-order valence-electron chi connectivity index (χ3n) is 5.12. The summed E-state index contributed by atoms with van der Waals surface area (Å²) < 4.78 is 1.94. The second-order valence-electron chi connectivity index (χ2n) is 6.86. The molecule has 0 amide bonds. The summed E-state index contributed by atoms with van der Waals surface area (Å²) in [4.78, 5) is 6.94. The Kier molecular flexibility index (Phi) is 7.09. The average molecular weight is 335 g/mol. The van der Waals surface area contributed by atoms with Gasteiger partial charge in [0.2, 0.25) is 0 Å². The van der Waals surface area contributed by atoms with Gasteiger partial charge in [0.05, 0.1) is 5.69 Å². The second kappa shape index (κ2) is 9.06. The fraction of sp³-hybridized carbons (Fsp3) is 0.778. The molecule has 1 aromatic heterocycles. The van der Waals surface area contributed by atoms with Crippen molar-refractivity contribution < 1.29 is 0 Å². The predicted octanol–water partition coefficient (Wildman–Crippen LogP) is 1.82. The maximum atomic E-state index is 4.47. The summed E-state index contributed by atoms with van der Waals surface area (Å²) in [6.07, 6.45) is 3.82. The lowest BCUT2D eigenvalue weighted by molar-refractivity contribution is 0.185. The van der Waals surface area contributed by atoms with Crippen LogP contribution in [0.5, 0.6) is 0 Å². The Morgan fingerprint density at radius 2 is 1.96 bits per heavy atom. The summed E-state index contributed by atoms with van der Waals surface area (Å²) in [7, 11) is 3.83. The van der Waals surface area contributed by atoms with Crippen LogP contribution < -0.4 is 10.6 Å². The molecular weight excluding hydrogens is 300 g/mol. The van der Waals surface area contributed by atoms with Gasteiger partial charge in [0.15, 0.2) is 5.96 Å². The number of hydrogen-bond acceptors (Lipinski definition) is 3. The van der Waals surface area contributed by atoms with Crippen LogP contribution in [0.25, 0.3) is 0 Å². The molecule has 6 heteroatoms. The lowest BCUT2D eigenvalue weighted by Crippen LogP contribution is -2.42. The lowest BCUT2D eigenvalue weighted by Gasteiger charge is -2.32. The highest BCUT2D eigenvalue weighted by Crippen LogP contribution is 2.16. The number of piperidine rings is 1. The molecule has 0 saturated carbocycles. The van der Waals surface area contributed by atoms with E-state index in [9.17, 15) is 0 Å². The molecule has 1 aliphatic heterocycles. The Hall–Kier alpha value is -1.56. The molecule has 0 bridgehead atoms. The first kappa shape index (κ1) is 18.8. The summed E-state index contributed by atoms with van der Waals surface area (Å²) >= 11 is 0. The summed E-state index contributed by atoms with van der Waals surface area (Å²) in [6.45, 7) is 11.9. The van der Waals surface area contributed by atoms with Gasteiger partial charge in [-0.1, -0.05) is 6.92 Å². The molecule has 1 aliphatic rings. The van der Waals surface area contributed by atoms with Crippen molar-refractivity contribution in [1.29, 1.82) is 0 Å². The molecule has 1 fully saturated rings. The highest BCUT2D eigenvalue weighted by atomic mass is 15.3. The molecule has 136 valence electrons. The van der Waals surface area contributed by atoms with Gasteiger partial charge in [-0.3, -0.25) is 9.67 Å². The SMILES string of the molecule is CCCN1CCC(CNC(=NC)NCc2c(C)nn(C)c2C)CC1. The molecular formula is C18H34N6. The Balaban J connectivity index is 1.75. The highest BCUT2D eigenvalue weighted by Gasteiger charge is 2.18. The van der Waals surface area contributed by atoms with Crippen LogP contribution in [0.4, 0.5) is 0 Å². The molecule has 0 spiro atoms. The van der Waals surface area contributed by atoms with E-state index in [0.29, 0.717) is 0 Å². The number of hydrogen-bond donors (Lipinski definition) is 2. The Morgan fingerprint density at radius 3 is 2.50 bits per heavy atom. The van der Waals surface area contributed by atoms with Crippen LogP contribution in [0.1, 0.15) is 43.1 Å². The third kappa shape index (κ3) is 4.97. The topological polar surface area (TPSA) is 57.5 Å². The van der Waals surface area contributed by atoms with Crippen LogP contribution in [0, 0.1) is 19.8 Å². The van der Waals surface area contributed by atoms with Crippen LogP contribution in [-0.4, -0.2) is 53.9 Å². The summed E-state index contributed by atoms with van der Waals surface area (Å²) in [5.74, 6) is 1.63. The van der Waals surface area contributed by atoms with Crippen LogP contribution in [0.2, 0.25) is 0 Å². The molecule has 2 rings (SSSR count). The fourth-order valence-corrected chi connectivity index (χ4v) is 3.44. The predicted molar refractivity (Wildman–Crippen MR) is 100 cm³/mol. The van der Waals surface area contributed by atoms with Crippen molar-refractivity contribution in [3.8, 4) is 0 Å². The van der Waals surface area contributed by atoms with Crippen molar-refractivity contribution in [2.24, 2.45) is 18.0 Å². The molecule has 2 heterocycles. The largest absolute Gasteiger partial charge is 0.356 e. The number of rotatable bonds is 6. The zero-order valence-corrected chi connectivity index (χ0v) is 16.0. The van der Waals surface area contributed by atoms with Crippen molar-refractivity contribution in [3.63, 3.8) is 0 Å². The second-order valence-corrected chi connectivity index (χ2v) is 6.86. The van der Waals surface area contributed by atoms with E-state index in [1.165, 1.54) is 50.2 Å². The molecule has 0 unspecified atom stereocenters. The van der Waals surface area contributed by atoms with Gasteiger partial charge in [0.1, 0.15) is 0 Å². The van der Waals surface area contributed by atoms with E-state index in [0.717, 1.165) is 30.7 Å². The van der Waals surface area contributed by atoms with Crippen molar-refractivity contribution in [3.05, 3.63) is 17.0 Å². The highest BCUT2D eigenvalue weighted by molar-refractivity contribution is 5.79. The molecule has 1 aromatic rings. The van der Waals surface area contributed by atoms with Gasteiger partial charge in [0, 0.05) is 38.4 Å². The van der Waals surface area contributed by atoms with Crippen molar-refractivity contribution in [2.75, 3.05) is 33.2 Å². The molecule has 24 heavy (non-hydrogen) atoms. The van der Waals surface area contributed by atoms with Gasteiger partial charge < -0.3 is 15.5 Å². The van der Waals surface area contributed by atoms with Crippen LogP contribution in [-0.2, 0) is 13.6 Å². The Bertz CT molecular complexity index is 540. The zero-order valence-electron chi connectivity index (χ0n) is 16.0. The first-order valence-corrected chi connectivity index (χ1v) is 9.21. The van der Waals surface area contributed by atoms with Gasteiger partial charge in [-0.15, -0.1) is 0 Å². The Labute approximate surface area is 146 Å². The number of guanidine groups is 1. The summed E-state index contributed by atoms with van der Waals surface area (Å²) in [6, 6.07) is 0. The number of nitrogens with zero attached hydrogens (tertiary/aromatic N) is 4. The quantitative estimate of drug-likeness (QED) is 0.615. The number of aryl methyl sites for hydroxylation is 2. The molecule has 1 saturated heterocycles. The van der Waals surface area contributed by atoms with Crippen LogP contribution in [0.15, 0.2) is 4.99 Å². The molecule has 6 nitrogen and oxygen atoms in total. The first-order chi connectivity index (χ1) is 11.5. The number of aliphatic imine (C=N–C) groups is 1. The average Bonchev–Trinajstić information content (AvgIpc) is 2.82. The maximum Gasteiger partial charge on any atom is 0.191 e. The lowest BCUT2D eigenvalue weighted by atomic mass is 9.97. The first-order valence-electron chi connectivity index (χ1n) is 9.21. The molecule has 0 aliphatic carbocycles. The summed E-state index contributed by atoms with van der Waals surface area (Å²) in [5.41, 5.74) is 3.55. The number of likely N-dealkylation sites (tertiary alicyclic amines) is 1. The third-order valence-corrected chi connectivity index (χ3v) is 5.12. The number of nitrogens with one attached hydrogen (secondary N) is 2. The monoisotopic (exact) mass is 334 g/mol. The Morgan fingerprint density at radius 1 is 1.25 bits per heavy atom. The molecule has 0 atom stereocenters. The molecule has 0 aromatic carbocycles. The zero-order chi connectivity index (χ0) is 17.5. The number of aromatic nitrogens is 2. The van der Waals surface area contributed by atoms with Gasteiger partial charge in [-0.25, -0.2) is 0 Å².